The fourth-order valence-corrected chi connectivity index (χ4v) is 6.34. The van der Waals surface area contributed by atoms with Gasteiger partial charge in [0.25, 0.3) is 11.8 Å². The number of aliphatic imine (C=N–C) groups is 1. The smallest absolute Gasteiger partial charge is 0.277 e. The summed E-state index contributed by atoms with van der Waals surface area (Å²) in [5.74, 6) is 0.168. The number of nitrogens with one attached hydrogen (secondary N) is 1. The van der Waals surface area contributed by atoms with E-state index in [0.717, 1.165) is 36.1 Å². The summed E-state index contributed by atoms with van der Waals surface area (Å²) in [5, 5.41) is 4.22. The van der Waals surface area contributed by atoms with E-state index < -0.39 is 0 Å². The van der Waals surface area contributed by atoms with Crippen LogP contribution in [0.1, 0.15) is 53.6 Å². The molecule has 1 aliphatic carbocycles. The highest BCUT2D eigenvalue weighted by Crippen LogP contribution is 2.46. The number of fused-ring (bicyclic) bond motifs is 2. The summed E-state index contributed by atoms with van der Waals surface area (Å²) >= 11 is 7.56. The molecule has 1 atom stereocenters. The van der Waals surface area contributed by atoms with Crippen molar-refractivity contribution < 1.29 is 9.59 Å². The Morgan fingerprint density at radius 1 is 1.14 bits per heavy atom. The first-order valence-electron chi connectivity index (χ1n) is 11.8. The Kier molecular flexibility index (Phi) is 6.06. The molecule has 35 heavy (non-hydrogen) atoms. The molecule has 7 heteroatoms. The Morgan fingerprint density at radius 2 is 1.86 bits per heavy atom. The number of rotatable bonds is 3. The first-order valence-corrected chi connectivity index (χ1v) is 13.0. The molecule has 1 aromatic heterocycles. The van der Waals surface area contributed by atoms with Gasteiger partial charge in [0.05, 0.1) is 11.3 Å². The summed E-state index contributed by atoms with van der Waals surface area (Å²) in [6.07, 6.45) is 2.77. The van der Waals surface area contributed by atoms with Gasteiger partial charge in [-0.15, -0.1) is 11.3 Å². The number of hydrogen-bond donors (Lipinski definition) is 1. The number of benzene rings is 2. The summed E-state index contributed by atoms with van der Waals surface area (Å²) in [4.78, 5) is 34.4. The van der Waals surface area contributed by atoms with Crippen molar-refractivity contribution in [2.45, 2.75) is 40.0 Å². The van der Waals surface area contributed by atoms with E-state index in [1.807, 2.05) is 24.3 Å². The summed E-state index contributed by atoms with van der Waals surface area (Å²) in [7, 11) is 1.76. The van der Waals surface area contributed by atoms with E-state index in [0.29, 0.717) is 32.9 Å². The van der Waals surface area contributed by atoms with Crippen molar-refractivity contribution in [1.29, 1.82) is 0 Å². The van der Waals surface area contributed by atoms with E-state index in [9.17, 15) is 9.59 Å². The number of anilines is 2. The molecule has 2 aliphatic rings. The van der Waals surface area contributed by atoms with Crippen molar-refractivity contribution in [2.75, 3.05) is 17.3 Å². The van der Waals surface area contributed by atoms with Crippen molar-refractivity contribution in [2.24, 2.45) is 16.3 Å². The first-order chi connectivity index (χ1) is 16.6. The third-order valence-electron chi connectivity index (χ3n) is 7.04. The molecular weight excluding hydrogens is 478 g/mol. The maximum Gasteiger partial charge on any atom is 0.277 e. The van der Waals surface area contributed by atoms with Crippen LogP contribution >= 0.6 is 22.9 Å². The van der Waals surface area contributed by atoms with Crippen LogP contribution in [0.15, 0.2) is 53.5 Å². The van der Waals surface area contributed by atoms with Gasteiger partial charge >= 0.3 is 0 Å². The standard InChI is InChI=1S/C28H28ClN3O2S/c1-28(2,3)16-9-14-20-22(15-16)35-26(23(20)25(33)30-18-12-10-17(29)11-13-18)31-24-19-7-5-6-8-21(19)32(4)27(24)34/h5-8,10-13,16H,9,14-15H2,1-4H3,(H,30,33)/t16-/m1/s1. The Hall–Kier alpha value is -2.96. The van der Waals surface area contributed by atoms with Crippen molar-refractivity contribution in [3.63, 3.8) is 0 Å². The van der Waals surface area contributed by atoms with Crippen LogP contribution < -0.4 is 10.2 Å². The van der Waals surface area contributed by atoms with Crippen LogP contribution in [0.25, 0.3) is 0 Å². The average Bonchev–Trinajstić information content (AvgIpc) is 3.30. The number of carbonyl (C=O) groups is 2. The highest BCUT2D eigenvalue weighted by molar-refractivity contribution is 7.16. The quantitative estimate of drug-likeness (QED) is 0.420. The van der Waals surface area contributed by atoms with Crippen LogP contribution in [0.4, 0.5) is 16.4 Å². The normalized spacial score (nSPS) is 18.5. The van der Waals surface area contributed by atoms with E-state index in [1.54, 1.807) is 47.5 Å². The molecule has 0 saturated carbocycles. The van der Waals surface area contributed by atoms with Crippen LogP contribution in [0.5, 0.6) is 0 Å². The fraction of sp³-hybridized carbons (Fsp3) is 0.321. The van der Waals surface area contributed by atoms with Gasteiger partial charge in [-0.3, -0.25) is 9.59 Å². The van der Waals surface area contributed by atoms with Crippen LogP contribution in [-0.4, -0.2) is 24.6 Å². The molecule has 0 unspecified atom stereocenters. The van der Waals surface area contributed by atoms with Crippen molar-refractivity contribution in [3.8, 4) is 0 Å². The number of amides is 2. The maximum absolute atomic E-state index is 13.6. The van der Waals surface area contributed by atoms with E-state index in [-0.39, 0.29) is 17.2 Å². The van der Waals surface area contributed by atoms with E-state index >= 15 is 0 Å². The number of para-hydroxylation sites is 1. The molecule has 2 heterocycles. The summed E-state index contributed by atoms with van der Waals surface area (Å²) in [5.41, 5.74) is 4.51. The zero-order valence-electron chi connectivity index (χ0n) is 20.3. The summed E-state index contributed by atoms with van der Waals surface area (Å²) in [6.45, 7) is 6.82. The average molecular weight is 506 g/mol. The molecule has 0 saturated heterocycles. The summed E-state index contributed by atoms with van der Waals surface area (Å²) in [6, 6.07) is 14.7. The van der Waals surface area contributed by atoms with Gasteiger partial charge < -0.3 is 10.2 Å². The Labute approximate surface area is 214 Å². The second-order valence-electron chi connectivity index (χ2n) is 10.3. The number of carbonyl (C=O) groups excluding carboxylic acids is 2. The zero-order chi connectivity index (χ0) is 24.9. The SMILES string of the molecule is CN1C(=O)C(=Nc2sc3c(c2C(=O)Nc2ccc(Cl)cc2)CC[C@@H](C(C)(C)C)C3)c2ccccc21. The number of halogens is 1. The van der Waals surface area contributed by atoms with Gasteiger partial charge in [0.1, 0.15) is 10.7 Å². The molecule has 0 fully saturated rings. The lowest BCUT2D eigenvalue weighted by atomic mass is 9.72. The lowest BCUT2D eigenvalue weighted by Gasteiger charge is -2.33. The Morgan fingerprint density at radius 3 is 2.57 bits per heavy atom. The lowest BCUT2D eigenvalue weighted by molar-refractivity contribution is -0.111. The third kappa shape index (κ3) is 4.41. The van der Waals surface area contributed by atoms with Gasteiger partial charge in [-0.25, -0.2) is 4.99 Å². The van der Waals surface area contributed by atoms with E-state index in [2.05, 4.69) is 26.1 Å². The molecule has 1 aliphatic heterocycles. The monoisotopic (exact) mass is 505 g/mol. The van der Waals surface area contributed by atoms with Crippen LogP contribution in [0, 0.1) is 11.3 Å². The van der Waals surface area contributed by atoms with Gasteiger partial charge in [-0.1, -0.05) is 50.6 Å². The molecule has 0 spiro atoms. The number of likely N-dealkylation sites (N-methyl/N-ethyl adjacent to an activating group) is 1. The highest BCUT2D eigenvalue weighted by atomic mass is 35.5. The molecule has 0 radical (unpaired) electrons. The predicted octanol–water partition coefficient (Wildman–Crippen LogP) is 6.90. The molecule has 5 rings (SSSR count). The first kappa shape index (κ1) is 23.8. The predicted molar refractivity (Wildman–Crippen MR) is 145 cm³/mol. The molecule has 3 aromatic rings. The highest BCUT2D eigenvalue weighted by Gasteiger charge is 2.36. The van der Waals surface area contributed by atoms with E-state index in [4.69, 9.17) is 16.6 Å². The van der Waals surface area contributed by atoms with Crippen LogP contribution in [0.2, 0.25) is 5.02 Å². The second-order valence-corrected chi connectivity index (χ2v) is 11.8. The van der Waals surface area contributed by atoms with E-state index in [1.165, 1.54) is 4.88 Å². The van der Waals surface area contributed by atoms with Gasteiger partial charge in [0.2, 0.25) is 0 Å². The van der Waals surface area contributed by atoms with Gasteiger partial charge in [-0.2, -0.15) is 0 Å². The molecule has 180 valence electrons. The van der Waals surface area contributed by atoms with Gasteiger partial charge in [0, 0.05) is 28.2 Å². The number of nitrogens with zero attached hydrogens (tertiary/aromatic N) is 2. The lowest BCUT2D eigenvalue weighted by Crippen LogP contribution is -2.27. The topological polar surface area (TPSA) is 61.8 Å². The van der Waals surface area contributed by atoms with Crippen molar-refractivity contribution in [3.05, 3.63) is 75.1 Å². The minimum atomic E-state index is -0.203. The van der Waals surface area contributed by atoms with Gasteiger partial charge in [0.15, 0.2) is 0 Å². The molecule has 0 bridgehead atoms. The molecule has 2 amide bonds. The van der Waals surface area contributed by atoms with Gasteiger partial charge in [-0.05, 0) is 66.5 Å². The largest absolute Gasteiger partial charge is 0.322 e. The van der Waals surface area contributed by atoms with Crippen molar-refractivity contribution in [1.82, 2.24) is 0 Å². The zero-order valence-corrected chi connectivity index (χ0v) is 21.9. The second kappa shape index (κ2) is 8.92. The summed E-state index contributed by atoms with van der Waals surface area (Å²) < 4.78 is 0. The van der Waals surface area contributed by atoms with Crippen LogP contribution in [-0.2, 0) is 17.6 Å². The molecule has 2 aromatic carbocycles. The molecule has 1 N–H and O–H groups in total. The third-order valence-corrected chi connectivity index (χ3v) is 8.44. The number of thiophene rings is 1. The van der Waals surface area contributed by atoms with Crippen LogP contribution in [0.3, 0.4) is 0 Å². The minimum Gasteiger partial charge on any atom is -0.322 e. The molecular formula is C28H28ClN3O2S. The molecule has 5 nitrogen and oxygen atoms in total. The maximum atomic E-state index is 13.6. The number of hydrogen-bond acceptors (Lipinski definition) is 4. The Balaban J connectivity index is 1.60. The Bertz CT molecular complexity index is 1350. The fourth-order valence-electron chi connectivity index (χ4n) is 4.91. The minimum absolute atomic E-state index is 0.158. The van der Waals surface area contributed by atoms with Crippen molar-refractivity contribution >= 4 is 56.8 Å².